The highest BCUT2D eigenvalue weighted by atomic mass is 35.5. The lowest BCUT2D eigenvalue weighted by Gasteiger charge is -2.49. The molecule has 3 heterocycles. The zero-order valence-electron chi connectivity index (χ0n) is 17.9. The Morgan fingerprint density at radius 3 is 2.79 bits per heavy atom. The Morgan fingerprint density at radius 1 is 1.41 bits per heavy atom. The fourth-order valence-corrected chi connectivity index (χ4v) is 7.61. The number of halogens is 1. The highest BCUT2D eigenvalue weighted by Gasteiger charge is 2.54. The molecule has 1 aliphatic carbocycles. The van der Waals surface area contributed by atoms with Crippen LogP contribution in [-0.2, 0) is 19.2 Å². The number of fused-ring (bicyclic) bond motifs is 1. The molecule has 1 saturated heterocycles. The van der Waals surface area contributed by atoms with E-state index in [4.69, 9.17) is 27.9 Å². The number of oxime groups is 1. The van der Waals surface area contributed by atoms with Gasteiger partial charge in [-0.05, 0) is 29.7 Å². The van der Waals surface area contributed by atoms with Crippen LogP contribution < -0.4 is 16.8 Å². The molecule has 1 aromatic rings. The molecule has 1 aromatic heterocycles. The summed E-state index contributed by atoms with van der Waals surface area (Å²) in [4.78, 5) is 49.6. The lowest BCUT2D eigenvalue weighted by molar-refractivity contribution is -0.150. The number of hydrogen-bond donors (Lipinski definition) is 4. The lowest BCUT2D eigenvalue weighted by atomic mass is 10.0. The molecule has 4 rings (SSSR count). The van der Waals surface area contributed by atoms with Gasteiger partial charge in [0.05, 0.1) is 0 Å². The van der Waals surface area contributed by atoms with Crippen LogP contribution in [-0.4, -0.2) is 69.3 Å². The molecule has 11 nitrogen and oxygen atoms in total. The van der Waals surface area contributed by atoms with Gasteiger partial charge in [-0.1, -0.05) is 39.9 Å². The molecule has 1 fully saturated rings. The molecular formula is C19H21ClN6O5S3. The van der Waals surface area contributed by atoms with Gasteiger partial charge in [0.1, 0.15) is 34.3 Å². The average Bonchev–Trinajstić information content (AvgIpc) is 3.39. The molecule has 0 saturated carbocycles. The van der Waals surface area contributed by atoms with E-state index in [0.717, 1.165) is 41.1 Å². The summed E-state index contributed by atoms with van der Waals surface area (Å²) in [6, 6.07) is -0.944. The molecule has 0 bridgehead atoms. The number of amides is 2. The second kappa shape index (κ2) is 10.2. The van der Waals surface area contributed by atoms with Crippen LogP contribution in [0.25, 0.3) is 0 Å². The van der Waals surface area contributed by atoms with Crippen LogP contribution in [0.3, 0.4) is 0 Å². The minimum Gasteiger partial charge on any atom is -0.477 e. The number of rotatable bonds is 8. The van der Waals surface area contributed by atoms with Gasteiger partial charge in [0.15, 0.2) is 10.8 Å². The van der Waals surface area contributed by atoms with Crippen LogP contribution in [0.2, 0.25) is 4.34 Å². The van der Waals surface area contributed by atoms with Crippen molar-refractivity contribution in [2.45, 2.75) is 30.7 Å². The standard InChI is InChI=1S/C19H21ClN6O5S3/c1-31-25-11(10-14(20)34-19(22)24-10)15(27)23-12-16(28)26-13(18(29)30)9(6-32-17(12)26)33-8-4-2-3-7(8)5-21/h12,17H,2-6,21H2,1H3,(H2,22,24)(H,23,27)(H,29,30)/b25-11-/t12?,17-/m1/s1. The number of nitrogens with one attached hydrogen (secondary N) is 1. The molecule has 15 heteroatoms. The zero-order valence-corrected chi connectivity index (χ0v) is 21.1. The Hall–Kier alpha value is -2.26. The summed E-state index contributed by atoms with van der Waals surface area (Å²) in [7, 11) is 1.25. The molecule has 34 heavy (non-hydrogen) atoms. The number of nitrogen functional groups attached to an aromatic ring is 1. The van der Waals surface area contributed by atoms with Gasteiger partial charge in [0, 0.05) is 17.2 Å². The molecule has 0 radical (unpaired) electrons. The average molecular weight is 545 g/mol. The van der Waals surface area contributed by atoms with Gasteiger partial charge in [-0.3, -0.25) is 14.5 Å². The first-order valence-corrected chi connectivity index (χ1v) is 13.2. The van der Waals surface area contributed by atoms with E-state index >= 15 is 0 Å². The minimum absolute atomic E-state index is 0.0359. The number of thiazole rings is 1. The van der Waals surface area contributed by atoms with Gasteiger partial charge in [-0.15, -0.1) is 11.8 Å². The summed E-state index contributed by atoms with van der Waals surface area (Å²) in [5, 5.41) is 15.7. The van der Waals surface area contributed by atoms with E-state index < -0.39 is 29.2 Å². The smallest absolute Gasteiger partial charge is 0.353 e. The molecule has 3 aliphatic rings. The van der Waals surface area contributed by atoms with Crippen molar-refractivity contribution in [3.63, 3.8) is 0 Å². The largest absolute Gasteiger partial charge is 0.477 e. The summed E-state index contributed by atoms with van der Waals surface area (Å²) >= 11 is 9.84. The third-order valence-corrected chi connectivity index (χ3v) is 9.29. The highest BCUT2D eigenvalue weighted by molar-refractivity contribution is 8.09. The van der Waals surface area contributed by atoms with E-state index in [1.807, 2.05) is 0 Å². The number of carboxylic acids is 1. The highest BCUT2D eigenvalue weighted by Crippen LogP contribution is 2.47. The van der Waals surface area contributed by atoms with Gasteiger partial charge in [0.2, 0.25) is 0 Å². The van der Waals surface area contributed by atoms with Gasteiger partial charge < -0.3 is 26.7 Å². The number of anilines is 1. The van der Waals surface area contributed by atoms with Gasteiger partial charge in [0.25, 0.3) is 11.8 Å². The van der Waals surface area contributed by atoms with Gasteiger partial charge in [-0.25, -0.2) is 9.78 Å². The number of allylic oxidation sites excluding steroid dienone is 1. The van der Waals surface area contributed by atoms with Crippen LogP contribution >= 0.6 is 46.5 Å². The summed E-state index contributed by atoms with van der Waals surface area (Å²) in [5.74, 6) is -2.06. The van der Waals surface area contributed by atoms with Crippen molar-refractivity contribution >= 4 is 75.1 Å². The predicted octanol–water partition coefficient (Wildman–Crippen LogP) is 1.56. The SMILES string of the molecule is CO/N=C(\C(=O)NC1C(=O)N2C(C(=O)O)=C(SC3=C(CN)CCC3)CS[C@H]12)c1nc(N)sc1Cl. The van der Waals surface area contributed by atoms with Crippen LogP contribution in [0.15, 0.2) is 26.2 Å². The van der Waals surface area contributed by atoms with E-state index in [0.29, 0.717) is 17.2 Å². The number of carbonyl (C=O) groups excluding carboxylic acids is 2. The summed E-state index contributed by atoms with van der Waals surface area (Å²) in [6.07, 6.45) is 2.73. The Bertz CT molecular complexity index is 1150. The maximum absolute atomic E-state index is 13.0. The van der Waals surface area contributed by atoms with Crippen LogP contribution in [0.1, 0.15) is 25.0 Å². The number of hydrogen-bond acceptors (Lipinski definition) is 11. The predicted molar refractivity (Wildman–Crippen MR) is 132 cm³/mol. The molecule has 1 unspecified atom stereocenters. The number of thioether (sulfide) groups is 2. The van der Waals surface area contributed by atoms with Crippen molar-refractivity contribution in [2.75, 3.05) is 25.1 Å². The number of nitrogens with zero attached hydrogens (tertiary/aromatic N) is 3. The molecule has 2 atom stereocenters. The minimum atomic E-state index is -1.19. The van der Waals surface area contributed by atoms with Crippen molar-refractivity contribution in [2.24, 2.45) is 10.9 Å². The maximum atomic E-state index is 13.0. The monoisotopic (exact) mass is 544 g/mol. The molecule has 6 N–H and O–H groups in total. The number of aromatic nitrogens is 1. The first kappa shape index (κ1) is 24.9. The maximum Gasteiger partial charge on any atom is 0.353 e. The van der Waals surface area contributed by atoms with E-state index in [2.05, 4.69) is 15.5 Å². The Kier molecular flexibility index (Phi) is 7.42. The molecule has 0 aromatic carbocycles. The number of carbonyl (C=O) groups is 3. The van der Waals surface area contributed by atoms with E-state index in [1.165, 1.54) is 35.5 Å². The number of carboxylic acid groups (broad SMARTS) is 1. The molecule has 2 aliphatic heterocycles. The topological polar surface area (TPSA) is 173 Å². The second-order valence-corrected chi connectivity index (χ2v) is 11.3. The number of aliphatic carboxylic acids is 1. The van der Waals surface area contributed by atoms with E-state index in [9.17, 15) is 19.5 Å². The fourth-order valence-electron chi connectivity index (χ4n) is 3.89. The number of nitrogens with two attached hydrogens (primary N) is 2. The second-order valence-electron chi connectivity index (χ2n) is 7.42. The van der Waals surface area contributed by atoms with Crippen LogP contribution in [0, 0.1) is 0 Å². The summed E-state index contributed by atoms with van der Waals surface area (Å²) in [5.41, 5.74) is 12.3. The lowest BCUT2D eigenvalue weighted by Crippen LogP contribution is -2.71. The Morgan fingerprint density at radius 2 is 2.18 bits per heavy atom. The van der Waals surface area contributed by atoms with Gasteiger partial charge in [-0.2, -0.15) is 0 Å². The van der Waals surface area contributed by atoms with Crippen LogP contribution in [0.4, 0.5) is 5.13 Å². The van der Waals surface area contributed by atoms with Gasteiger partial charge >= 0.3 is 5.97 Å². The normalized spacial score (nSPS) is 22.6. The quantitative estimate of drug-likeness (QED) is 0.213. The molecular weight excluding hydrogens is 524 g/mol. The fraction of sp³-hybridized carbons (Fsp3) is 0.421. The van der Waals surface area contributed by atoms with Crippen molar-refractivity contribution in [3.05, 3.63) is 31.1 Å². The Balaban J connectivity index is 1.54. The van der Waals surface area contributed by atoms with Crippen molar-refractivity contribution in [1.82, 2.24) is 15.2 Å². The van der Waals surface area contributed by atoms with Crippen molar-refractivity contribution in [3.8, 4) is 0 Å². The van der Waals surface area contributed by atoms with Crippen molar-refractivity contribution in [1.29, 1.82) is 0 Å². The van der Waals surface area contributed by atoms with E-state index in [1.54, 1.807) is 0 Å². The van der Waals surface area contributed by atoms with Crippen LogP contribution in [0.5, 0.6) is 0 Å². The first-order valence-electron chi connectivity index (χ1n) is 10.1. The van der Waals surface area contributed by atoms with Crippen molar-refractivity contribution < 1.29 is 24.3 Å². The summed E-state index contributed by atoms with van der Waals surface area (Å²) in [6.45, 7) is 0.435. The zero-order chi connectivity index (χ0) is 24.6. The number of β-lactam (4-membered cyclic amide) rings is 1. The molecule has 182 valence electrons. The first-order chi connectivity index (χ1) is 16.3. The van der Waals surface area contributed by atoms with E-state index in [-0.39, 0.29) is 26.6 Å². The Labute approximate surface area is 212 Å². The third-order valence-electron chi connectivity index (χ3n) is 5.42. The summed E-state index contributed by atoms with van der Waals surface area (Å²) < 4.78 is 0.146. The molecule has 0 spiro atoms. The molecule has 2 amide bonds. The third kappa shape index (κ3) is 4.52.